The topological polar surface area (TPSA) is 29.5 Å². The van der Waals surface area contributed by atoms with E-state index in [1.165, 1.54) is 32.1 Å². The molecule has 0 amide bonds. The van der Waals surface area contributed by atoms with E-state index in [2.05, 4.69) is 13.8 Å². The molecule has 1 atom stereocenters. The van der Waals surface area contributed by atoms with Crippen LogP contribution in [0.4, 0.5) is 0 Å². The van der Waals surface area contributed by atoms with Crippen LogP contribution in [0.1, 0.15) is 52.4 Å². The molecule has 0 bridgehead atoms. The van der Waals surface area contributed by atoms with Crippen LogP contribution in [0.5, 0.6) is 0 Å². The minimum Gasteiger partial charge on any atom is -0.394 e. The molecule has 1 aliphatic heterocycles. The highest BCUT2D eigenvalue weighted by Gasteiger charge is 2.42. The molecule has 0 aromatic rings. The first kappa shape index (κ1) is 11.4. The molecule has 0 aromatic carbocycles. The number of aliphatic hydroxyl groups excluding tert-OH is 1. The quantitative estimate of drug-likeness (QED) is 0.762. The molecule has 2 nitrogen and oxygen atoms in total. The maximum atomic E-state index is 9.10. The molecule has 1 heterocycles. The Balaban J connectivity index is 1.87. The van der Waals surface area contributed by atoms with Crippen molar-refractivity contribution in [3.8, 4) is 0 Å². The van der Waals surface area contributed by atoms with Crippen LogP contribution in [-0.2, 0) is 4.74 Å². The summed E-state index contributed by atoms with van der Waals surface area (Å²) in [6.07, 6.45) is 7.41. The lowest BCUT2D eigenvalue weighted by molar-refractivity contribution is -0.0869. The summed E-state index contributed by atoms with van der Waals surface area (Å²) in [7, 11) is 0. The van der Waals surface area contributed by atoms with E-state index >= 15 is 0 Å². The largest absolute Gasteiger partial charge is 0.394 e. The third kappa shape index (κ3) is 2.36. The second-order valence-corrected chi connectivity index (χ2v) is 5.73. The molecule has 2 fully saturated rings. The van der Waals surface area contributed by atoms with E-state index in [-0.39, 0.29) is 18.3 Å². The summed E-state index contributed by atoms with van der Waals surface area (Å²) in [6, 6.07) is 0. The summed E-state index contributed by atoms with van der Waals surface area (Å²) < 4.78 is 6.02. The summed E-state index contributed by atoms with van der Waals surface area (Å²) in [5.41, 5.74) is 0.152. The number of hydrogen-bond acceptors (Lipinski definition) is 2. The fourth-order valence-electron chi connectivity index (χ4n) is 3.22. The van der Waals surface area contributed by atoms with Crippen LogP contribution < -0.4 is 0 Å². The van der Waals surface area contributed by atoms with E-state index in [1.807, 2.05) is 0 Å². The van der Waals surface area contributed by atoms with Crippen molar-refractivity contribution in [2.75, 3.05) is 6.61 Å². The summed E-state index contributed by atoms with van der Waals surface area (Å²) in [6.45, 7) is 4.86. The van der Waals surface area contributed by atoms with Crippen LogP contribution in [0.25, 0.3) is 0 Å². The van der Waals surface area contributed by atoms with Gasteiger partial charge in [0.1, 0.15) is 0 Å². The Labute approximate surface area is 93.0 Å². The molecule has 2 aliphatic rings. The minimum atomic E-state index is 0.126. The minimum absolute atomic E-state index is 0.126. The molecule has 1 unspecified atom stereocenters. The average molecular weight is 212 g/mol. The zero-order valence-corrected chi connectivity index (χ0v) is 10.0. The number of hydrogen-bond donors (Lipinski definition) is 1. The van der Waals surface area contributed by atoms with Gasteiger partial charge in [-0.2, -0.15) is 0 Å². The van der Waals surface area contributed by atoms with Crippen LogP contribution >= 0.6 is 0 Å². The van der Waals surface area contributed by atoms with Crippen molar-refractivity contribution in [1.82, 2.24) is 0 Å². The Hall–Kier alpha value is -0.0800. The molecule has 1 spiro atoms. The van der Waals surface area contributed by atoms with Crippen LogP contribution in [0, 0.1) is 11.8 Å². The van der Waals surface area contributed by atoms with Gasteiger partial charge in [0, 0.05) is 0 Å². The Morgan fingerprint density at radius 3 is 2.27 bits per heavy atom. The molecule has 1 N–H and O–H groups in total. The molecule has 15 heavy (non-hydrogen) atoms. The van der Waals surface area contributed by atoms with Gasteiger partial charge in [-0.15, -0.1) is 0 Å². The molecular weight excluding hydrogens is 188 g/mol. The monoisotopic (exact) mass is 212 g/mol. The predicted molar refractivity (Wildman–Crippen MR) is 60.7 cm³/mol. The zero-order chi connectivity index (χ0) is 10.9. The van der Waals surface area contributed by atoms with Gasteiger partial charge in [-0.05, 0) is 50.4 Å². The predicted octanol–water partition coefficient (Wildman–Crippen LogP) is 2.74. The molecule has 1 aliphatic carbocycles. The van der Waals surface area contributed by atoms with Crippen LogP contribution in [-0.4, -0.2) is 23.4 Å². The second kappa shape index (κ2) is 4.42. The Bertz CT molecular complexity index is 205. The Morgan fingerprint density at radius 1 is 1.20 bits per heavy atom. The van der Waals surface area contributed by atoms with Gasteiger partial charge in [0.15, 0.2) is 0 Å². The van der Waals surface area contributed by atoms with Crippen LogP contribution in [0.3, 0.4) is 0 Å². The second-order valence-electron chi connectivity index (χ2n) is 5.73. The fourth-order valence-corrected chi connectivity index (χ4v) is 3.22. The number of ether oxygens (including phenoxy) is 1. The first-order chi connectivity index (χ1) is 7.15. The normalized spacial score (nSPS) is 41.6. The maximum absolute atomic E-state index is 9.10. The van der Waals surface area contributed by atoms with Crippen molar-refractivity contribution in [3.05, 3.63) is 0 Å². The average Bonchev–Trinajstić information content (AvgIpc) is 2.62. The summed E-state index contributed by atoms with van der Waals surface area (Å²) >= 11 is 0. The molecule has 0 aromatic heterocycles. The van der Waals surface area contributed by atoms with Crippen molar-refractivity contribution < 1.29 is 9.84 Å². The Kier molecular flexibility index (Phi) is 3.36. The lowest BCUT2D eigenvalue weighted by Crippen LogP contribution is -2.35. The van der Waals surface area contributed by atoms with Gasteiger partial charge in [0.05, 0.1) is 18.3 Å². The molecule has 1 saturated heterocycles. The van der Waals surface area contributed by atoms with Crippen LogP contribution in [0.15, 0.2) is 0 Å². The van der Waals surface area contributed by atoms with Crippen molar-refractivity contribution >= 4 is 0 Å². The number of aliphatic hydroxyl groups is 1. The van der Waals surface area contributed by atoms with Crippen molar-refractivity contribution in [2.45, 2.75) is 64.1 Å². The highest BCUT2D eigenvalue weighted by molar-refractivity contribution is 4.93. The van der Waals surface area contributed by atoms with Gasteiger partial charge < -0.3 is 9.84 Å². The molecule has 88 valence electrons. The molecule has 1 saturated carbocycles. The molecule has 0 radical (unpaired) electrons. The lowest BCUT2D eigenvalue weighted by atomic mass is 9.73. The van der Waals surface area contributed by atoms with E-state index < -0.39 is 0 Å². The van der Waals surface area contributed by atoms with Gasteiger partial charge in [0.25, 0.3) is 0 Å². The van der Waals surface area contributed by atoms with Gasteiger partial charge in [0.2, 0.25) is 0 Å². The van der Waals surface area contributed by atoms with E-state index in [0.717, 1.165) is 18.3 Å². The Morgan fingerprint density at radius 2 is 1.80 bits per heavy atom. The first-order valence-corrected chi connectivity index (χ1v) is 6.44. The third-order valence-electron chi connectivity index (χ3n) is 4.43. The van der Waals surface area contributed by atoms with E-state index in [1.54, 1.807) is 0 Å². The van der Waals surface area contributed by atoms with E-state index in [9.17, 15) is 0 Å². The third-order valence-corrected chi connectivity index (χ3v) is 4.43. The summed E-state index contributed by atoms with van der Waals surface area (Å²) in [5.74, 6) is 1.71. The highest BCUT2D eigenvalue weighted by Crippen LogP contribution is 2.45. The maximum Gasteiger partial charge on any atom is 0.0814 e. The van der Waals surface area contributed by atoms with Gasteiger partial charge in [-0.25, -0.2) is 0 Å². The smallest absolute Gasteiger partial charge is 0.0814 e. The van der Waals surface area contributed by atoms with Crippen molar-refractivity contribution in [2.24, 2.45) is 11.8 Å². The fraction of sp³-hybridized carbons (Fsp3) is 1.00. The first-order valence-electron chi connectivity index (χ1n) is 6.44. The standard InChI is InChI=1S/C13H24O2/c1-10(2)11-3-6-13(7-4-11)8-5-12(9-14)15-13/h10-12,14H,3-9H2,1-2H3. The highest BCUT2D eigenvalue weighted by atomic mass is 16.5. The molecule has 2 heteroatoms. The van der Waals surface area contributed by atoms with Crippen molar-refractivity contribution in [3.63, 3.8) is 0 Å². The summed E-state index contributed by atoms with van der Waals surface area (Å²) in [4.78, 5) is 0. The molecule has 2 rings (SSSR count). The lowest BCUT2D eigenvalue weighted by Gasteiger charge is -2.38. The van der Waals surface area contributed by atoms with E-state index in [0.29, 0.717) is 0 Å². The van der Waals surface area contributed by atoms with Crippen LogP contribution in [0.2, 0.25) is 0 Å². The number of rotatable bonds is 2. The SMILES string of the molecule is CC(C)C1CCC2(CCC(CO)O2)CC1. The summed E-state index contributed by atoms with van der Waals surface area (Å²) in [5, 5.41) is 9.10. The van der Waals surface area contributed by atoms with E-state index in [4.69, 9.17) is 9.84 Å². The van der Waals surface area contributed by atoms with Crippen molar-refractivity contribution in [1.29, 1.82) is 0 Å². The van der Waals surface area contributed by atoms with Gasteiger partial charge in [-0.3, -0.25) is 0 Å². The zero-order valence-electron chi connectivity index (χ0n) is 10.0. The molecular formula is C13H24O2. The van der Waals surface area contributed by atoms with Gasteiger partial charge in [-0.1, -0.05) is 13.8 Å². The van der Waals surface area contributed by atoms with Gasteiger partial charge >= 0.3 is 0 Å².